The number of rotatable bonds is 5. The van der Waals surface area contributed by atoms with E-state index in [0.29, 0.717) is 22.2 Å². The van der Waals surface area contributed by atoms with E-state index in [2.05, 4.69) is 15.0 Å². The van der Waals surface area contributed by atoms with Gasteiger partial charge in [-0.25, -0.2) is 9.78 Å². The fourth-order valence-electron chi connectivity index (χ4n) is 1.59. The highest BCUT2D eigenvalue weighted by Crippen LogP contribution is 2.22. The number of anilines is 1. The van der Waals surface area contributed by atoms with E-state index in [1.807, 2.05) is 0 Å². The summed E-state index contributed by atoms with van der Waals surface area (Å²) in [5.74, 6) is -0.153. The Labute approximate surface area is 132 Å². The number of carbonyl (C=O) groups is 2. The first-order chi connectivity index (χ1) is 10.6. The minimum atomic E-state index is -0.493. The van der Waals surface area contributed by atoms with Gasteiger partial charge in [-0.2, -0.15) is 0 Å². The molecule has 1 aromatic heterocycles. The Bertz CT molecular complexity index is 673. The molecule has 0 radical (unpaired) electrons. The van der Waals surface area contributed by atoms with Crippen molar-refractivity contribution in [3.8, 4) is 5.75 Å². The molecule has 0 aliphatic rings. The van der Waals surface area contributed by atoms with Crippen LogP contribution in [0.25, 0.3) is 0 Å². The molecule has 7 heteroatoms. The van der Waals surface area contributed by atoms with Gasteiger partial charge in [0, 0.05) is 6.20 Å². The molecule has 1 aromatic carbocycles. The van der Waals surface area contributed by atoms with Crippen LogP contribution in [-0.2, 0) is 9.53 Å². The summed E-state index contributed by atoms with van der Waals surface area (Å²) in [7, 11) is 1.28. The van der Waals surface area contributed by atoms with Crippen molar-refractivity contribution < 1.29 is 19.1 Å². The van der Waals surface area contributed by atoms with Gasteiger partial charge < -0.3 is 14.8 Å². The van der Waals surface area contributed by atoms with Crippen molar-refractivity contribution >= 4 is 29.3 Å². The normalized spacial score (nSPS) is 9.91. The number of esters is 1. The molecule has 22 heavy (non-hydrogen) atoms. The Balaban J connectivity index is 1.89. The molecule has 6 nitrogen and oxygen atoms in total. The van der Waals surface area contributed by atoms with Crippen LogP contribution >= 0.6 is 11.6 Å². The van der Waals surface area contributed by atoms with E-state index in [9.17, 15) is 9.59 Å². The third-order valence-corrected chi connectivity index (χ3v) is 2.96. The monoisotopic (exact) mass is 320 g/mol. The second-order valence-electron chi connectivity index (χ2n) is 4.19. The Morgan fingerprint density at radius 1 is 1.23 bits per heavy atom. The lowest BCUT2D eigenvalue weighted by molar-refractivity contribution is -0.118. The summed E-state index contributed by atoms with van der Waals surface area (Å²) in [6.07, 6.45) is 1.32. The van der Waals surface area contributed by atoms with Crippen molar-refractivity contribution in [2.45, 2.75) is 0 Å². The molecular weight excluding hydrogens is 308 g/mol. The molecule has 0 atom stereocenters. The van der Waals surface area contributed by atoms with Gasteiger partial charge in [-0.15, -0.1) is 0 Å². The Kier molecular flexibility index (Phi) is 5.32. The molecule has 1 N–H and O–H groups in total. The molecule has 1 heterocycles. The molecule has 0 fully saturated rings. The van der Waals surface area contributed by atoms with E-state index in [0.717, 1.165) is 0 Å². The Morgan fingerprint density at radius 2 is 2.00 bits per heavy atom. The van der Waals surface area contributed by atoms with Crippen LogP contribution in [0.4, 0.5) is 5.82 Å². The molecule has 0 spiro atoms. The van der Waals surface area contributed by atoms with Gasteiger partial charge >= 0.3 is 5.97 Å². The van der Waals surface area contributed by atoms with Gasteiger partial charge in [0.2, 0.25) is 0 Å². The van der Waals surface area contributed by atoms with Crippen LogP contribution in [0.2, 0.25) is 5.02 Å². The molecule has 0 aliphatic heterocycles. The Morgan fingerprint density at radius 3 is 2.64 bits per heavy atom. The summed E-state index contributed by atoms with van der Waals surface area (Å²) in [5.41, 5.74) is 0.299. The molecule has 0 saturated heterocycles. The molecule has 2 rings (SSSR count). The maximum Gasteiger partial charge on any atom is 0.339 e. The minimum absolute atomic E-state index is 0.204. The number of halogens is 1. The first-order valence-corrected chi connectivity index (χ1v) is 6.69. The highest BCUT2D eigenvalue weighted by Gasteiger charge is 2.09. The third-order valence-electron chi connectivity index (χ3n) is 2.65. The number of amides is 1. The second kappa shape index (κ2) is 7.42. The van der Waals surface area contributed by atoms with Crippen LogP contribution in [0.5, 0.6) is 5.75 Å². The van der Waals surface area contributed by atoms with E-state index >= 15 is 0 Å². The largest absolute Gasteiger partial charge is 0.482 e. The number of aromatic nitrogens is 1. The average molecular weight is 321 g/mol. The third kappa shape index (κ3) is 4.20. The van der Waals surface area contributed by atoms with Crippen LogP contribution in [-0.4, -0.2) is 30.6 Å². The topological polar surface area (TPSA) is 77.5 Å². The predicted molar refractivity (Wildman–Crippen MR) is 81.2 cm³/mol. The SMILES string of the molecule is COC(=O)c1ccc(NC(=O)COc2ccccc2Cl)nc1. The fraction of sp³-hybridized carbons (Fsp3) is 0.133. The van der Waals surface area contributed by atoms with Crippen molar-refractivity contribution in [3.63, 3.8) is 0 Å². The number of para-hydroxylation sites is 1. The van der Waals surface area contributed by atoms with Crippen molar-refractivity contribution in [3.05, 3.63) is 53.2 Å². The molecule has 1 amide bonds. The van der Waals surface area contributed by atoms with Crippen LogP contribution in [0.3, 0.4) is 0 Å². The van der Waals surface area contributed by atoms with Gasteiger partial charge in [-0.1, -0.05) is 23.7 Å². The van der Waals surface area contributed by atoms with Crippen LogP contribution in [0, 0.1) is 0 Å². The number of pyridine rings is 1. The summed E-state index contributed by atoms with van der Waals surface area (Å²) in [4.78, 5) is 27.0. The van der Waals surface area contributed by atoms with E-state index in [-0.39, 0.29) is 6.61 Å². The predicted octanol–water partition coefficient (Wildman–Crippen LogP) is 2.54. The molecular formula is C15H13ClN2O4. The molecule has 0 bridgehead atoms. The highest BCUT2D eigenvalue weighted by atomic mass is 35.5. The number of methoxy groups -OCH3 is 1. The second-order valence-corrected chi connectivity index (χ2v) is 4.60. The summed E-state index contributed by atoms with van der Waals surface area (Å²) >= 11 is 5.92. The summed E-state index contributed by atoms with van der Waals surface area (Å²) in [6.45, 7) is -0.204. The smallest absolute Gasteiger partial charge is 0.339 e. The lowest BCUT2D eigenvalue weighted by atomic mass is 10.3. The standard InChI is InChI=1S/C15H13ClN2O4/c1-21-15(20)10-6-7-13(17-8-10)18-14(19)9-22-12-5-3-2-4-11(12)16/h2-8H,9H2,1H3,(H,17,18,19). The maximum atomic E-state index is 11.8. The zero-order valence-electron chi connectivity index (χ0n) is 11.7. The molecule has 114 valence electrons. The van der Waals surface area contributed by atoms with Gasteiger partial charge in [0.1, 0.15) is 11.6 Å². The first kappa shape index (κ1) is 15.8. The zero-order valence-corrected chi connectivity index (χ0v) is 12.5. The zero-order chi connectivity index (χ0) is 15.9. The number of ether oxygens (including phenoxy) is 2. The molecule has 0 aliphatic carbocycles. The van der Waals surface area contributed by atoms with Gasteiger partial charge in [-0.3, -0.25) is 4.79 Å². The van der Waals surface area contributed by atoms with Crippen LogP contribution in [0.1, 0.15) is 10.4 Å². The van der Waals surface area contributed by atoms with Crippen molar-refractivity contribution in [2.24, 2.45) is 0 Å². The number of nitrogens with zero attached hydrogens (tertiary/aromatic N) is 1. The summed E-state index contributed by atoms with van der Waals surface area (Å²) in [6, 6.07) is 9.86. The number of benzene rings is 1. The van der Waals surface area contributed by atoms with E-state index in [4.69, 9.17) is 16.3 Å². The lowest BCUT2D eigenvalue weighted by Gasteiger charge is -2.08. The van der Waals surface area contributed by atoms with Crippen molar-refractivity contribution in [1.29, 1.82) is 0 Å². The number of hydrogen-bond acceptors (Lipinski definition) is 5. The van der Waals surface area contributed by atoms with Gasteiger partial charge in [0.15, 0.2) is 6.61 Å². The number of nitrogens with one attached hydrogen (secondary N) is 1. The van der Waals surface area contributed by atoms with Crippen molar-refractivity contribution in [2.75, 3.05) is 19.0 Å². The minimum Gasteiger partial charge on any atom is -0.482 e. The van der Waals surface area contributed by atoms with E-state index in [1.54, 1.807) is 24.3 Å². The van der Waals surface area contributed by atoms with Crippen molar-refractivity contribution in [1.82, 2.24) is 4.98 Å². The highest BCUT2D eigenvalue weighted by molar-refractivity contribution is 6.32. The number of hydrogen-bond donors (Lipinski definition) is 1. The summed E-state index contributed by atoms with van der Waals surface area (Å²) < 4.78 is 9.86. The average Bonchev–Trinajstić information content (AvgIpc) is 2.54. The summed E-state index contributed by atoms with van der Waals surface area (Å²) in [5, 5.41) is 2.97. The number of carbonyl (C=O) groups excluding carboxylic acids is 2. The molecule has 0 saturated carbocycles. The van der Waals surface area contributed by atoms with Gasteiger partial charge in [-0.05, 0) is 24.3 Å². The fourth-order valence-corrected chi connectivity index (χ4v) is 1.78. The first-order valence-electron chi connectivity index (χ1n) is 6.31. The van der Waals surface area contributed by atoms with Gasteiger partial charge in [0.25, 0.3) is 5.91 Å². The lowest BCUT2D eigenvalue weighted by Crippen LogP contribution is -2.21. The quantitative estimate of drug-likeness (QED) is 0.857. The van der Waals surface area contributed by atoms with Gasteiger partial charge in [0.05, 0.1) is 17.7 Å². The molecule has 2 aromatic rings. The Hall–Kier alpha value is -2.60. The maximum absolute atomic E-state index is 11.8. The van der Waals surface area contributed by atoms with Crippen LogP contribution in [0.15, 0.2) is 42.6 Å². The van der Waals surface area contributed by atoms with Crippen LogP contribution < -0.4 is 10.1 Å². The van der Waals surface area contributed by atoms with E-state index in [1.165, 1.54) is 25.4 Å². The van der Waals surface area contributed by atoms with E-state index < -0.39 is 11.9 Å². The molecule has 0 unspecified atom stereocenters.